The summed E-state index contributed by atoms with van der Waals surface area (Å²) >= 11 is 0. The number of hydrogen-bond donors (Lipinski definition) is 1. The fraction of sp³-hybridized carbons (Fsp3) is 0.714. The number of carbonyl (C=O) groups excluding carboxylic acids is 2. The SMILES string of the molecule is CC(C)(C)OC(=O)NC1C/C=C\CCCC1C=O. The number of ether oxygens (including phenoxy) is 1. The molecule has 18 heavy (non-hydrogen) atoms. The molecule has 2 unspecified atom stereocenters. The molecule has 2 atom stereocenters. The largest absolute Gasteiger partial charge is 0.444 e. The molecule has 0 aromatic heterocycles. The van der Waals surface area contributed by atoms with E-state index in [1.807, 2.05) is 26.8 Å². The van der Waals surface area contributed by atoms with E-state index in [4.69, 9.17) is 4.74 Å². The summed E-state index contributed by atoms with van der Waals surface area (Å²) in [4.78, 5) is 22.8. The van der Waals surface area contributed by atoms with Crippen LogP contribution in [0, 0.1) is 5.92 Å². The molecule has 0 aliphatic heterocycles. The predicted octanol–water partition coefficient (Wildman–Crippen LogP) is 2.83. The number of aldehydes is 1. The van der Waals surface area contributed by atoms with Gasteiger partial charge in [0.15, 0.2) is 0 Å². The minimum Gasteiger partial charge on any atom is -0.444 e. The Bertz CT molecular complexity index is 317. The van der Waals surface area contributed by atoms with Gasteiger partial charge in [-0.25, -0.2) is 4.79 Å². The van der Waals surface area contributed by atoms with Gasteiger partial charge in [-0.05, 0) is 46.5 Å². The summed E-state index contributed by atoms with van der Waals surface area (Å²) in [6.07, 6.45) is 8.10. The van der Waals surface area contributed by atoms with Crippen molar-refractivity contribution < 1.29 is 14.3 Å². The minimum atomic E-state index is -0.516. The summed E-state index contributed by atoms with van der Waals surface area (Å²) in [6, 6.07) is -0.158. The standard InChI is InChI=1S/C14H23NO3/c1-14(2,3)18-13(17)15-12-9-7-5-4-6-8-11(12)10-16/h5,7,10-12H,4,6,8-9H2,1-3H3,(H,15,17)/b7-5-. The highest BCUT2D eigenvalue weighted by Crippen LogP contribution is 2.18. The van der Waals surface area contributed by atoms with Crippen LogP contribution in [0.25, 0.3) is 0 Å². The van der Waals surface area contributed by atoms with Crippen LogP contribution in [0.5, 0.6) is 0 Å². The maximum atomic E-state index is 11.7. The van der Waals surface area contributed by atoms with Crippen molar-refractivity contribution in [3.63, 3.8) is 0 Å². The van der Waals surface area contributed by atoms with Crippen LogP contribution >= 0.6 is 0 Å². The maximum Gasteiger partial charge on any atom is 0.407 e. The number of amides is 1. The smallest absolute Gasteiger partial charge is 0.407 e. The minimum absolute atomic E-state index is 0.123. The fourth-order valence-corrected chi connectivity index (χ4v) is 2.00. The van der Waals surface area contributed by atoms with Crippen LogP contribution < -0.4 is 5.32 Å². The molecule has 1 N–H and O–H groups in total. The molecule has 0 saturated carbocycles. The normalized spacial score (nSPS) is 26.6. The fourth-order valence-electron chi connectivity index (χ4n) is 2.00. The van der Waals surface area contributed by atoms with Gasteiger partial charge >= 0.3 is 6.09 Å². The summed E-state index contributed by atoms with van der Waals surface area (Å²) in [6.45, 7) is 5.46. The van der Waals surface area contributed by atoms with Gasteiger partial charge in [0.1, 0.15) is 11.9 Å². The Morgan fingerprint density at radius 1 is 1.39 bits per heavy atom. The molecular formula is C14H23NO3. The van der Waals surface area contributed by atoms with Crippen LogP contribution in [0.15, 0.2) is 12.2 Å². The molecule has 0 aromatic rings. The molecule has 0 saturated heterocycles. The van der Waals surface area contributed by atoms with Crippen LogP contribution in [-0.2, 0) is 9.53 Å². The Morgan fingerprint density at radius 3 is 2.72 bits per heavy atom. The average molecular weight is 253 g/mol. The molecule has 1 aliphatic carbocycles. The number of nitrogens with one attached hydrogen (secondary N) is 1. The molecule has 4 nitrogen and oxygen atoms in total. The van der Waals surface area contributed by atoms with Gasteiger partial charge in [-0.2, -0.15) is 0 Å². The van der Waals surface area contributed by atoms with E-state index in [1.165, 1.54) is 0 Å². The van der Waals surface area contributed by atoms with Crippen molar-refractivity contribution in [2.24, 2.45) is 5.92 Å². The van der Waals surface area contributed by atoms with Gasteiger partial charge in [-0.15, -0.1) is 0 Å². The lowest BCUT2D eigenvalue weighted by atomic mass is 9.90. The predicted molar refractivity (Wildman–Crippen MR) is 70.3 cm³/mol. The quantitative estimate of drug-likeness (QED) is 0.608. The Hall–Kier alpha value is -1.32. The molecule has 0 radical (unpaired) electrons. The van der Waals surface area contributed by atoms with Crippen LogP contribution in [0.3, 0.4) is 0 Å². The second-order valence-electron chi connectivity index (χ2n) is 5.69. The van der Waals surface area contributed by atoms with Crippen molar-refractivity contribution in [3.8, 4) is 0 Å². The second kappa shape index (κ2) is 6.57. The Kier molecular flexibility index (Phi) is 5.38. The van der Waals surface area contributed by atoms with E-state index in [0.29, 0.717) is 6.42 Å². The third kappa shape index (κ3) is 5.34. The molecular weight excluding hydrogens is 230 g/mol. The topological polar surface area (TPSA) is 55.4 Å². The van der Waals surface area contributed by atoms with Crippen LogP contribution in [-0.4, -0.2) is 24.0 Å². The lowest BCUT2D eigenvalue weighted by molar-refractivity contribution is -0.112. The highest BCUT2D eigenvalue weighted by Gasteiger charge is 2.25. The summed E-state index contributed by atoms with van der Waals surface area (Å²) in [5, 5.41) is 2.80. The monoisotopic (exact) mass is 253 g/mol. The van der Waals surface area contributed by atoms with Crippen molar-refractivity contribution in [1.82, 2.24) is 5.32 Å². The molecule has 4 heteroatoms. The molecule has 0 heterocycles. The van der Waals surface area contributed by atoms with E-state index in [-0.39, 0.29) is 12.0 Å². The maximum absolute atomic E-state index is 11.7. The van der Waals surface area contributed by atoms with E-state index in [0.717, 1.165) is 25.5 Å². The zero-order valence-corrected chi connectivity index (χ0v) is 11.4. The first-order chi connectivity index (χ1) is 8.42. The summed E-state index contributed by atoms with van der Waals surface area (Å²) < 4.78 is 5.22. The number of alkyl carbamates (subject to hydrolysis) is 1. The Balaban J connectivity index is 2.60. The van der Waals surface area contributed by atoms with E-state index < -0.39 is 11.7 Å². The molecule has 0 aromatic carbocycles. The number of hydrogen-bond acceptors (Lipinski definition) is 3. The van der Waals surface area contributed by atoms with Gasteiger partial charge in [-0.3, -0.25) is 0 Å². The molecule has 1 aliphatic rings. The van der Waals surface area contributed by atoms with Crippen molar-refractivity contribution in [2.45, 2.75) is 58.1 Å². The van der Waals surface area contributed by atoms with E-state index in [2.05, 4.69) is 11.4 Å². The average Bonchev–Trinajstić information content (AvgIpc) is 2.20. The first kappa shape index (κ1) is 14.7. The molecule has 1 rings (SSSR count). The number of carbonyl (C=O) groups is 2. The first-order valence-corrected chi connectivity index (χ1v) is 6.52. The number of allylic oxidation sites excluding steroid dienone is 1. The Labute approximate surface area is 109 Å². The molecule has 0 bridgehead atoms. The highest BCUT2D eigenvalue weighted by atomic mass is 16.6. The van der Waals surface area contributed by atoms with Gasteiger partial charge in [0.2, 0.25) is 0 Å². The van der Waals surface area contributed by atoms with E-state index in [1.54, 1.807) is 0 Å². The number of rotatable bonds is 2. The van der Waals surface area contributed by atoms with E-state index >= 15 is 0 Å². The van der Waals surface area contributed by atoms with E-state index in [9.17, 15) is 9.59 Å². The van der Waals surface area contributed by atoms with Crippen LogP contribution in [0.2, 0.25) is 0 Å². The van der Waals surface area contributed by atoms with Gasteiger partial charge in [-0.1, -0.05) is 12.2 Å². The van der Waals surface area contributed by atoms with Gasteiger partial charge in [0, 0.05) is 12.0 Å². The van der Waals surface area contributed by atoms with Gasteiger partial charge < -0.3 is 14.8 Å². The highest BCUT2D eigenvalue weighted by molar-refractivity contribution is 5.69. The molecule has 0 spiro atoms. The zero-order valence-electron chi connectivity index (χ0n) is 11.4. The lowest BCUT2D eigenvalue weighted by Crippen LogP contribution is -2.43. The molecule has 102 valence electrons. The summed E-state index contributed by atoms with van der Waals surface area (Å²) in [5.41, 5.74) is -0.516. The summed E-state index contributed by atoms with van der Waals surface area (Å²) in [5.74, 6) is -0.123. The van der Waals surface area contributed by atoms with Crippen molar-refractivity contribution in [1.29, 1.82) is 0 Å². The molecule has 1 amide bonds. The van der Waals surface area contributed by atoms with Crippen molar-refractivity contribution in [3.05, 3.63) is 12.2 Å². The Morgan fingerprint density at radius 2 is 2.11 bits per heavy atom. The van der Waals surface area contributed by atoms with Crippen LogP contribution in [0.4, 0.5) is 4.79 Å². The third-order valence-electron chi connectivity index (χ3n) is 2.86. The van der Waals surface area contributed by atoms with Crippen molar-refractivity contribution in [2.75, 3.05) is 0 Å². The first-order valence-electron chi connectivity index (χ1n) is 6.52. The lowest BCUT2D eigenvalue weighted by Gasteiger charge is -2.26. The molecule has 0 fully saturated rings. The second-order valence-corrected chi connectivity index (χ2v) is 5.69. The summed E-state index contributed by atoms with van der Waals surface area (Å²) in [7, 11) is 0. The van der Waals surface area contributed by atoms with Gasteiger partial charge in [0.05, 0.1) is 0 Å². The van der Waals surface area contributed by atoms with Crippen molar-refractivity contribution >= 4 is 12.4 Å². The van der Waals surface area contributed by atoms with Crippen LogP contribution in [0.1, 0.15) is 46.5 Å². The zero-order chi connectivity index (χ0) is 13.6. The van der Waals surface area contributed by atoms with Gasteiger partial charge in [0.25, 0.3) is 0 Å². The third-order valence-corrected chi connectivity index (χ3v) is 2.86.